The van der Waals surface area contributed by atoms with Crippen molar-refractivity contribution < 1.29 is 13.2 Å². The van der Waals surface area contributed by atoms with Crippen molar-refractivity contribution in [3.05, 3.63) is 47.8 Å². The first-order valence-electron chi connectivity index (χ1n) is 5.27. The highest BCUT2D eigenvalue weighted by atomic mass is 19.4. The van der Waals surface area contributed by atoms with Crippen molar-refractivity contribution in [2.75, 3.05) is 5.73 Å². The van der Waals surface area contributed by atoms with Gasteiger partial charge in [-0.15, -0.1) is 0 Å². The minimum Gasteiger partial charge on any atom is -0.399 e. The molecule has 0 saturated heterocycles. The Labute approximate surface area is 102 Å². The van der Waals surface area contributed by atoms with Crippen LogP contribution in [-0.2, 0) is 6.18 Å². The van der Waals surface area contributed by atoms with Gasteiger partial charge < -0.3 is 5.73 Å². The van der Waals surface area contributed by atoms with Crippen LogP contribution in [0.1, 0.15) is 11.3 Å². The number of nitrogen functional groups attached to an aromatic ring is 1. The Hall–Kier alpha value is -2.04. The zero-order valence-electron chi connectivity index (χ0n) is 9.62. The van der Waals surface area contributed by atoms with Crippen molar-refractivity contribution in [2.45, 2.75) is 13.1 Å². The van der Waals surface area contributed by atoms with E-state index in [9.17, 15) is 13.2 Å². The number of halogens is 3. The number of pyridine rings is 1. The van der Waals surface area contributed by atoms with Crippen LogP contribution in [0.25, 0.3) is 11.1 Å². The zero-order chi connectivity index (χ0) is 13.3. The van der Waals surface area contributed by atoms with Gasteiger partial charge in [-0.25, -0.2) is 0 Å². The van der Waals surface area contributed by atoms with Gasteiger partial charge in [0.15, 0.2) is 0 Å². The monoisotopic (exact) mass is 252 g/mol. The van der Waals surface area contributed by atoms with Crippen molar-refractivity contribution in [1.82, 2.24) is 4.98 Å². The zero-order valence-corrected chi connectivity index (χ0v) is 9.62. The van der Waals surface area contributed by atoms with Crippen LogP contribution in [0, 0.1) is 6.92 Å². The summed E-state index contributed by atoms with van der Waals surface area (Å²) in [5.41, 5.74) is 6.60. The van der Waals surface area contributed by atoms with Gasteiger partial charge in [-0.2, -0.15) is 13.2 Å². The van der Waals surface area contributed by atoms with E-state index in [1.165, 1.54) is 6.07 Å². The second kappa shape index (κ2) is 4.33. The van der Waals surface area contributed by atoms with Gasteiger partial charge in [-0.1, -0.05) is 6.07 Å². The predicted octanol–water partition coefficient (Wildman–Crippen LogP) is 3.66. The summed E-state index contributed by atoms with van der Waals surface area (Å²) in [6.45, 7) is 1.74. The molecule has 5 heteroatoms. The third-order valence-corrected chi connectivity index (χ3v) is 2.60. The number of alkyl halides is 3. The third kappa shape index (κ3) is 2.45. The standard InChI is InChI=1S/C13H11F3N2/c1-8-12(3-2-4-18-8)9-5-10(13(14,15)16)7-11(17)6-9/h2-7H,17H2,1H3. The van der Waals surface area contributed by atoms with Crippen LogP contribution in [0.4, 0.5) is 18.9 Å². The van der Waals surface area contributed by atoms with Crippen LogP contribution in [-0.4, -0.2) is 4.98 Å². The van der Waals surface area contributed by atoms with E-state index in [0.29, 0.717) is 16.8 Å². The van der Waals surface area contributed by atoms with Gasteiger partial charge >= 0.3 is 6.18 Å². The average Bonchev–Trinajstić information content (AvgIpc) is 2.27. The van der Waals surface area contributed by atoms with E-state index in [0.717, 1.165) is 12.1 Å². The van der Waals surface area contributed by atoms with E-state index in [2.05, 4.69) is 4.98 Å². The summed E-state index contributed by atoms with van der Waals surface area (Å²) >= 11 is 0. The van der Waals surface area contributed by atoms with Crippen LogP contribution in [0.5, 0.6) is 0 Å². The van der Waals surface area contributed by atoms with E-state index in [-0.39, 0.29) is 5.69 Å². The molecule has 0 aliphatic carbocycles. The Balaban J connectivity index is 2.60. The highest BCUT2D eigenvalue weighted by molar-refractivity contribution is 5.70. The van der Waals surface area contributed by atoms with Gasteiger partial charge in [-0.05, 0) is 36.8 Å². The second-order valence-electron chi connectivity index (χ2n) is 3.98. The number of benzene rings is 1. The van der Waals surface area contributed by atoms with Crippen molar-refractivity contribution in [1.29, 1.82) is 0 Å². The first kappa shape index (κ1) is 12.4. The van der Waals surface area contributed by atoms with Gasteiger partial charge in [0.1, 0.15) is 0 Å². The molecule has 0 aliphatic heterocycles. The lowest BCUT2D eigenvalue weighted by Gasteiger charge is -2.11. The fourth-order valence-electron chi connectivity index (χ4n) is 1.76. The van der Waals surface area contributed by atoms with Crippen LogP contribution >= 0.6 is 0 Å². The van der Waals surface area contributed by atoms with Crippen LogP contribution in [0.15, 0.2) is 36.5 Å². The maximum absolute atomic E-state index is 12.7. The van der Waals surface area contributed by atoms with Crippen LogP contribution in [0.3, 0.4) is 0 Å². The minimum absolute atomic E-state index is 0.0862. The van der Waals surface area contributed by atoms with Gasteiger partial charge in [0.2, 0.25) is 0 Å². The quantitative estimate of drug-likeness (QED) is 0.786. The van der Waals surface area contributed by atoms with E-state index in [4.69, 9.17) is 5.73 Å². The molecule has 1 aromatic carbocycles. The minimum atomic E-state index is -4.40. The number of nitrogens with zero attached hydrogens (tertiary/aromatic N) is 1. The molecular weight excluding hydrogens is 241 g/mol. The molecule has 0 atom stereocenters. The number of aryl methyl sites for hydroxylation is 1. The molecule has 0 bridgehead atoms. The predicted molar refractivity (Wildman–Crippen MR) is 63.8 cm³/mol. The molecule has 0 unspecified atom stereocenters. The Morgan fingerprint density at radius 2 is 1.89 bits per heavy atom. The molecule has 1 heterocycles. The molecule has 0 spiro atoms. The van der Waals surface area contributed by atoms with Crippen molar-refractivity contribution >= 4 is 5.69 Å². The van der Waals surface area contributed by atoms with Gasteiger partial charge in [-0.3, -0.25) is 4.98 Å². The normalized spacial score (nSPS) is 11.6. The first-order valence-corrected chi connectivity index (χ1v) is 5.27. The summed E-state index contributed by atoms with van der Waals surface area (Å²) in [7, 11) is 0. The molecule has 0 radical (unpaired) electrons. The van der Waals surface area contributed by atoms with Crippen LogP contribution in [0.2, 0.25) is 0 Å². The maximum atomic E-state index is 12.7. The highest BCUT2D eigenvalue weighted by Gasteiger charge is 2.31. The largest absolute Gasteiger partial charge is 0.416 e. The van der Waals surface area contributed by atoms with Crippen LogP contribution < -0.4 is 5.73 Å². The number of aromatic nitrogens is 1. The number of rotatable bonds is 1. The average molecular weight is 252 g/mol. The summed E-state index contributed by atoms with van der Waals surface area (Å²) < 4.78 is 38.1. The molecule has 2 nitrogen and oxygen atoms in total. The van der Waals surface area contributed by atoms with E-state index in [1.807, 2.05) is 0 Å². The number of hydrogen-bond donors (Lipinski definition) is 1. The molecule has 0 amide bonds. The lowest BCUT2D eigenvalue weighted by atomic mass is 10.0. The fourth-order valence-corrected chi connectivity index (χ4v) is 1.76. The Bertz CT molecular complexity index is 577. The second-order valence-corrected chi connectivity index (χ2v) is 3.98. The molecule has 1 aromatic heterocycles. The molecule has 18 heavy (non-hydrogen) atoms. The smallest absolute Gasteiger partial charge is 0.399 e. The Morgan fingerprint density at radius 1 is 1.17 bits per heavy atom. The first-order chi connectivity index (χ1) is 8.38. The Kier molecular flexibility index (Phi) is 2.98. The third-order valence-electron chi connectivity index (χ3n) is 2.60. The van der Waals surface area contributed by atoms with Crippen molar-refractivity contribution in [3.63, 3.8) is 0 Å². The Morgan fingerprint density at radius 3 is 2.50 bits per heavy atom. The number of nitrogens with two attached hydrogens (primary N) is 1. The molecule has 2 aromatic rings. The highest BCUT2D eigenvalue weighted by Crippen LogP contribution is 2.34. The summed E-state index contributed by atoms with van der Waals surface area (Å²) in [4.78, 5) is 4.05. The molecule has 2 rings (SSSR count). The van der Waals surface area contributed by atoms with Crippen molar-refractivity contribution in [3.8, 4) is 11.1 Å². The number of hydrogen-bond acceptors (Lipinski definition) is 2. The molecule has 0 fully saturated rings. The van der Waals surface area contributed by atoms with Gasteiger partial charge in [0, 0.05) is 23.1 Å². The van der Waals surface area contributed by atoms with E-state index < -0.39 is 11.7 Å². The molecular formula is C13H11F3N2. The molecule has 94 valence electrons. The molecule has 0 aliphatic rings. The molecule has 2 N–H and O–H groups in total. The van der Waals surface area contributed by atoms with E-state index >= 15 is 0 Å². The van der Waals surface area contributed by atoms with E-state index in [1.54, 1.807) is 25.3 Å². The van der Waals surface area contributed by atoms with Crippen molar-refractivity contribution in [2.24, 2.45) is 0 Å². The van der Waals surface area contributed by atoms with Gasteiger partial charge in [0.05, 0.1) is 5.56 Å². The maximum Gasteiger partial charge on any atom is 0.416 e. The lowest BCUT2D eigenvalue weighted by molar-refractivity contribution is -0.137. The fraction of sp³-hybridized carbons (Fsp3) is 0.154. The topological polar surface area (TPSA) is 38.9 Å². The summed E-state index contributed by atoms with van der Waals surface area (Å²) in [6, 6.07) is 6.92. The summed E-state index contributed by atoms with van der Waals surface area (Å²) in [6.07, 6.45) is -2.81. The lowest BCUT2D eigenvalue weighted by Crippen LogP contribution is -2.06. The SMILES string of the molecule is Cc1ncccc1-c1cc(N)cc(C(F)(F)F)c1. The summed E-state index contributed by atoms with van der Waals surface area (Å²) in [5, 5.41) is 0. The summed E-state index contributed by atoms with van der Waals surface area (Å²) in [5.74, 6) is 0. The molecule has 0 saturated carbocycles. The number of anilines is 1. The van der Waals surface area contributed by atoms with Gasteiger partial charge in [0.25, 0.3) is 0 Å².